The lowest BCUT2D eigenvalue weighted by Crippen LogP contribution is -1.98. The van der Waals surface area contributed by atoms with Crippen LogP contribution in [0.5, 0.6) is 0 Å². The van der Waals surface area contributed by atoms with Gasteiger partial charge in [0.05, 0.1) is 11.6 Å². The van der Waals surface area contributed by atoms with Gasteiger partial charge in [0.15, 0.2) is 0 Å². The summed E-state index contributed by atoms with van der Waals surface area (Å²) in [6, 6.07) is 8.99. The molecule has 1 rings (SSSR count). The molecule has 0 spiro atoms. The maximum atomic E-state index is 10.5. The first-order chi connectivity index (χ1) is 6.22. The topological polar surface area (TPSA) is 50.1 Å². The average molecular weight is 175 g/mol. The first-order valence-corrected chi connectivity index (χ1v) is 3.85. The Bertz CT molecular complexity index is 352. The Hall–Kier alpha value is -1.82. The third kappa shape index (κ3) is 2.96. The van der Waals surface area contributed by atoms with E-state index in [9.17, 15) is 4.79 Å². The summed E-state index contributed by atoms with van der Waals surface area (Å²) in [4.78, 5) is 10.5. The summed E-state index contributed by atoms with van der Waals surface area (Å²) in [6.07, 6.45) is 0. The van der Waals surface area contributed by atoms with Crippen molar-refractivity contribution in [1.82, 2.24) is 0 Å². The molecular formula is C10H9NO2. The molecular weight excluding hydrogens is 166 g/mol. The van der Waals surface area contributed by atoms with Crippen molar-refractivity contribution in [2.24, 2.45) is 0 Å². The van der Waals surface area contributed by atoms with E-state index >= 15 is 0 Å². The number of hydrogen-bond donors (Lipinski definition) is 0. The minimum Gasteiger partial charge on any atom is -0.461 e. The van der Waals surface area contributed by atoms with E-state index in [1.54, 1.807) is 18.2 Å². The number of carbonyl (C=O) groups is 1. The fraction of sp³-hybridized carbons (Fsp3) is 0.200. The van der Waals surface area contributed by atoms with Crippen molar-refractivity contribution in [2.75, 3.05) is 0 Å². The van der Waals surface area contributed by atoms with Gasteiger partial charge in [0.1, 0.15) is 6.61 Å². The second-order valence-electron chi connectivity index (χ2n) is 2.59. The van der Waals surface area contributed by atoms with Crippen LogP contribution in [0.1, 0.15) is 18.1 Å². The normalized spacial score (nSPS) is 8.92. The van der Waals surface area contributed by atoms with Gasteiger partial charge < -0.3 is 4.74 Å². The van der Waals surface area contributed by atoms with Crippen molar-refractivity contribution in [2.45, 2.75) is 13.5 Å². The van der Waals surface area contributed by atoms with Crippen LogP contribution in [-0.2, 0) is 16.1 Å². The van der Waals surface area contributed by atoms with Gasteiger partial charge in [0.25, 0.3) is 0 Å². The van der Waals surface area contributed by atoms with Crippen LogP contribution in [0.2, 0.25) is 0 Å². The molecule has 3 heteroatoms. The molecule has 0 N–H and O–H groups in total. The molecule has 0 aromatic heterocycles. The molecule has 1 aromatic rings. The SMILES string of the molecule is CC(=O)OCc1cccc(C#N)c1. The molecule has 0 unspecified atom stereocenters. The predicted molar refractivity (Wildman–Crippen MR) is 46.6 cm³/mol. The first-order valence-electron chi connectivity index (χ1n) is 3.85. The highest BCUT2D eigenvalue weighted by molar-refractivity contribution is 5.65. The van der Waals surface area contributed by atoms with Crippen LogP contribution in [0.3, 0.4) is 0 Å². The highest BCUT2D eigenvalue weighted by Crippen LogP contribution is 2.05. The summed E-state index contributed by atoms with van der Waals surface area (Å²) in [5.74, 6) is -0.317. The number of carbonyl (C=O) groups excluding carboxylic acids is 1. The van der Waals surface area contributed by atoms with E-state index < -0.39 is 0 Å². The van der Waals surface area contributed by atoms with Crippen LogP contribution >= 0.6 is 0 Å². The molecule has 13 heavy (non-hydrogen) atoms. The van der Waals surface area contributed by atoms with E-state index in [-0.39, 0.29) is 12.6 Å². The number of rotatable bonds is 2. The molecule has 0 saturated heterocycles. The van der Waals surface area contributed by atoms with Crippen LogP contribution < -0.4 is 0 Å². The van der Waals surface area contributed by atoms with Crippen LogP contribution in [0.25, 0.3) is 0 Å². The van der Waals surface area contributed by atoms with E-state index in [1.165, 1.54) is 6.92 Å². The number of esters is 1. The number of ether oxygens (including phenoxy) is 1. The molecule has 0 heterocycles. The third-order valence-electron chi connectivity index (χ3n) is 1.50. The maximum absolute atomic E-state index is 10.5. The highest BCUT2D eigenvalue weighted by atomic mass is 16.5. The monoisotopic (exact) mass is 175 g/mol. The number of benzene rings is 1. The number of nitrogens with zero attached hydrogens (tertiary/aromatic N) is 1. The fourth-order valence-electron chi connectivity index (χ4n) is 0.916. The smallest absolute Gasteiger partial charge is 0.302 e. The van der Waals surface area contributed by atoms with Crippen molar-refractivity contribution in [3.05, 3.63) is 35.4 Å². The Kier molecular flexibility index (Phi) is 3.04. The molecule has 0 bridgehead atoms. The summed E-state index contributed by atoms with van der Waals surface area (Å²) in [5, 5.41) is 8.58. The summed E-state index contributed by atoms with van der Waals surface area (Å²) < 4.78 is 4.78. The van der Waals surface area contributed by atoms with Gasteiger partial charge in [-0.25, -0.2) is 0 Å². The second-order valence-corrected chi connectivity index (χ2v) is 2.59. The van der Waals surface area contributed by atoms with Gasteiger partial charge >= 0.3 is 5.97 Å². The highest BCUT2D eigenvalue weighted by Gasteiger charge is 1.97. The van der Waals surface area contributed by atoms with Gasteiger partial charge in [0.2, 0.25) is 0 Å². The lowest BCUT2D eigenvalue weighted by Gasteiger charge is -2.01. The van der Waals surface area contributed by atoms with Gasteiger partial charge in [-0.1, -0.05) is 12.1 Å². The van der Waals surface area contributed by atoms with Crippen LogP contribution in [0, 0.1) is 11.3 Å². The van der Waals surface area contributed by atoms with Gasteiger partial charge in [0, 0.05) is 6.92 Å². The third-order valence-corrected chi connectivity index (χ3v) is 1.50. The molecule has 1 aromatic carbocycles. The maximum Gasteiger partial charge on any atom is 0.302 e. The van der Waals surface area contributed by atoms with Crippen molar-refractivity contribution >= 4 is 5.97 Å². The summed E-state index contributed by atoms with van der Waals surface area (Å²) in [6.45, 7) is 1.58. The molecule has 0 aliphatic rings. The minimum atomic E-state index is -0.317. The van der Waals surface area contributed by atoms with Crippen LogP contribution in [0.4, 0.5) is 0 Å². The molecule has 66 valence electrons. The predicted octanol–water partition coefficient (Wildman–Crippen LogP) is 1.62. The van der Waals surface area contributed by atoms with Crippen molar-refractivity contribution in [3.63, 3.8) is 0 Å². The molecule has 0 aliphatic heterocycles. The first kappa shape index (κ1) is 9.27. The number of nitriles is 1. The number of hydrogen-bond acceptors (Lipinski definition) is 3. The Labute approximate surface area is 76.6 Å². The quantitative estimate of drug-likeness (QED) is 0.642. The van der Waals surface area contributed by atoms with E-state index in [1.807, 2.05) is 12.1 Å². The molecule has 0 amide bonds. The second kappa shape index (κ2) is 4.27. The van der Waals surface area contributed by atoms with E-state index in [4.69, 9.17) is 10.00 Å². The Morgan fingerprint density at radius 3 is 3.00 bits per heavy atom. The van der Waals surface area contributed by atoms with Crippen LogP contribution in [0.15, 0.2) is 24.3 Å². The van der Waals surface area contributed by atoms with Gasteiger partial charge in [-0.3, -0.25) is 4.79 Å². The molecule has 0 saturated carbocycles. The van der Waals surface area contributed by atoms with E-state index in [0.29, 0.717) is 5.56 Å². The Morgan fingerprint density at radius 1 is 1.62 bits per heavy atom. The van der Waals surface area contributed by atoms with Gasteiger partial charge in [-0.2, -0.15) is 5.26 Å². The molecule has 3 nitrogen and oxygen atoms in total. The summed E-state index contributed by atoms with van der Waals surface area (Å²) >= 11 is 0. The van der Waals surface area contributed by atoms with Crippen molar-refractivity contribution < 1.29 is 9.53 Å². The Balaban J connectivity index is 2.68. The lowest BCUT2D eigenvalue weighted by molar-refractivity contribution is -0.142. The van der Waals surface area contributed by atoms with Gasteiger partial charge in [-0.15, -0.1) is 0 Å². The molecule has 0 radical (unpaired) electrons. The summed E-state index contributed by atoms with van der Waals surface area (Å²) in [5.41, 5.74) is 1.40. The van der Waals surface area contributed by atoms with E-state index in [2.05, 4.69) is 0 Å². The van der Waals surface area contributed by atoms with Crippen LogP contribution in [-0.4, -0.2) is 5.97 Å². The Morgan fingerprint density at radius 2 is 2.38 bits per heavy atom. The summed E-state index contributed by atoms with van der Waals surface area (Å²) in [7, 11) is 0. The zero-order valence-corrected chi connectivity index (χ0v) is 7.28. The van der Waals surface area contributed by atoms with Crippen molar-refractivity contribution in [3.8, 4) is 6.07 Å². The molecule has 0 atom stereocenters. The fourth-order valence-corrected chi connectivity index (χ4v) is 0.916. The zero-order valence-electron chi connectivity index (χ0n) is 7.28. The van der Waals surface area contributed by atoms with Crippen molar-refractivity contribution in [1.29, 1.82) is 5.26 Å². The van der Waals surface area contributed by atoms with Gasteiger partial charge in [-0.05, 0) is 17.7 Å². The zero-order chi connectivity index (χ0) is 9.68. The largest absolute Gasteiger partial charge is 0.461 e. The minimum absolute atomic E-state index is 0.227. The molecule has 0 aliphatic carbocycles. The standard InChI is InChI=1S/C10H9NO2/c1-8(12)13-7-10-4-2-3-9(5-10)6-11/h2-5H,7H2,1H3. The average Bonchev–Trinajstić information content (AvgIpc) is 2.15. The van der Waals surface area contributed by atoms with E-state index in [0.717, 1.165) is 5.56 Å². The lowest BCUT2D eigenvalue weighted by atomic mass is 10.1. The molecule has 0 fully saturated rings.